The van der Waals surface area contributed by atoms with E-state index in [4.69, 9.17) is 0 Å². The molecule has 2 nitrogen and oxygen atoms in total. The molecule has 2 fully saturated rings. The molecule has 0 aromatic heterocycles. The molecular formula is C30H60N2Si2. The van der Waals surface area contributed by atoms with Crippen LogP contribution in [0.4, 0.5) is 0 Å². The van der Waals surface area contributed by atoms with Crippen LogP contribution in [0.25, 0.3) is 0 Å². The van der Waals surface area contributed by atoms with Crippen molar-refractivity contribution in [3.8, 4) is 0 Å². The van der Waals surface area contributed by atoms with Gasteiger partial charge in [0.15, 0.2) is 15.5 Å². The summed E-state index contributed by atoms with van der Waals surface area (Å²) in [5.41, 5.74) is 0. The fourth-order valence-corrected chi connectivity index (χ4v) is 31.0. The Morgan fingerprint density at radius 3 is 1.06 bits per heavy atom. The molecule has 0 spiro atoms. The zero-order valence-corrected chi connectivity index (χ0v) is 25.8. The van der Waals surface area contributed by atoms with E-state index in [0.29, 0.717) is 0 Å². The Morgan fingerprint density at radius 1 is 0.500 bits per heavy atom. The van der Waals surface area contributed by atoms with E-state index in [-0.39, 0.29) is 0 Å². The summed E-state index contributed by atoms with van der Waals surface area (Å²) in [7, 11) is -3.26. The standard InChI is InChI=1S/C30H60N2Si2/c1-5-9-25-33(26-10-6-2)31(29-19-15-13-16-20-29)23-24-32(30-21-17-14-18-22-30)34(33,27-11-7-3)28-12-8-4/h23-24,29-30H,5-22,25-28H2,1-4H3. The average molecular weight is 505 g/mol. The summed E-state index contributed by atoms with van der Waals surface area (Å²) in [5, 5.41) is 0. The molecule has 34 heavy (non-hydrogen) atoms. The van der Waals surface area contributed by atoms with Crippen molar-refractivity contribution in [1.82, 2.24) is 9.13 Å². The molecule has 198 valence electrons. The van der Waals surface area contributed by atoms with Crippen molar-refractivity contribution in [3.05, 3.63) is 12.4 Å². The van der Waals surface area contributed by atoms with Gasteiger partial charge in [0.25, 0.3) is 0 Å². The van der Waals surface area contributed by atoms with Crippen molar-refractivity contribution < 1.29 is 0 Å². The normalized spacial score (nSPS) is 23.5. The van der Waals surface area contributed by atoms with Gasteiger partial charge in [-0.3, -0.25) is 0 Å². The highest BCUT2D eigenvalue weighted by Crippen LogP contribution is 2.49. The first kappa shape index (κ1) is 28.3. The van der Waals surface area contributed by atoms with E-state index in [0.717, 1.165) is 12.1 Å². The summed E-state index contributed by atoms with van der Waals surface area (Å²) in [4.78, 5) is 0. The van der Waals surface area contributed by atoms with Crippen LogP contribution in [0.3, 0.4) is 0 Å². The number of unbranched alkanes of at least 4 members (excludes halogenated alkanes) is 4. The van der Waals surface area contributed by atoms with Crippen LogP contribution < -0.4 is 0 Å². The second-order valence-electron chi connectivity index (χ2n) is 12.2. The van der Waals surface area contributed by atoms with Crippen LogP contribution in [-0.4, -0.2) is 36.7 Å². The molecule has 0 unspecified atom stereocenters. The van der Waals surface area contributed by atoms with Gasteiger partial charge in [0.2, 0.25) is 0 Å². The minimum absolute atomic E-state index is 0.869. The van der Waals surface area contributed by atoms with Crippen LogP contribution in [-0.2, 0) is 0 Å². The molecule has 3 rings (SSSR count). The maximum atomic E-state index is 3.26. The molecule has 0 bridgehead atoms. The number of hydrogen-bond acceptors (Lipinski definition) is 2. The lowest BCUT2D eigenvalue weighted by Crippen LogP contribution is -2.81. The lowest BCUT2D eigenvalue weighted by molar-refractivity contribution is 0.266. The van der Waals surface area contributed by atoms with Gasteiger partial charge >= 0.3 is 0 Å². The second-order valence-corrected chi connectivity index (χ2v) is 24.9. The number of nitrogens with zero attached hydrogens (tertiary/aromatic N) is 2. The monoisotopic (exact) mass is 504 g/mol. The largest absolute Gasteiger partial charge is 0.399 e. The predicted molar refractivity (Wildman–Crippen MR) is 157 cm³/mol. The van der Waals surface area contributed by atoms with Gasteiger partial charge in [-0.2, -0.15) is 0 Å². The SMILES string of the molecule is CCCC[Si]1(CCCC)N(C2CCCCC2)C=CN(C2CCCCC2)[Si]1(CCCC)CCCC. The molecule has 1 heterocycles. The van der Waals surface area contributed by atoms with E-state index >= 15 is 0 Å². The van der Waals surface area contributed by atoms with Gasteiger partial charge in [0, 0.05) is 24.5 Å². The third-order valence-electron chi connectivity index (χ3n) is 9.95. The Bertz CT molecular complexity index is 514. The Balaban J connectivity index is 2.16. The first-order valence-corrected chi connectivity index (χ1v) is 21.7. The molecule has 0 radical (unpaired) electrons. The molecule has 0 atom stereocenters. The smallest absolute Gasteiger partial charge is 0.169 e. The summed E-state index contributed by atoms with van der Waals surface area (Å²) in [6, 6.07) is 8.16. The summed E-state index contributed by atoms with van der Waals surface area (Å²) < 4.78 is 6.52. The van der Waals surface area contributed by atoms with E-state index in [2.05, 4.69) is 49.2 Å². The molecule has 2 saturated carbocycles. The summed E-state index contributed by atoms with van der Waals surface area (Å²) in [6.07, 6.45) is 31.8. The third kappa shape index (κ3) is 6.18. The maximum Gasteiger partial charge on any atom is 0.169 e. The van der Waals surface area contributed by atoms with Gasteiger partial charge in [0.05, 0.1) is 0 Å². The highest BCUT2D eigenvalue weighted by Gasteiger charge is 2.62. The molecule has 0 aromatic rings. The van der Waals surface area contributed by atoms with E-state index in [1.807, 2.05) is 0 Å². The molecule has 1 aliphatic heterocycles. The number of hydrogen-bond donors (Lipinski definition) is 0. The molecule has 0 N–H and O–H groups in total. The molecule has 4 heteroatoms. The van der Waals surface area contributed by atoms with Crippen LogP contribution in [0.5, 0.6) is 0 Å². The molecule has 0 aromatic carbocycles. The molecule has 3 aliphatic rings. The van der Waals surface area contributed by atoms with E-state index in [1.165, 1.54) is 116 Å². The summed E-state index contributed by atoms with van der Waals surface area (Å²) in [5.74, 6) is 0. The van der Waals surface area contributed by atoms with Crippen molar-refractivity contribution in [2.75, 3.05) is 0 Å². The summed E-state index contributed by atoms with van der Waals surface area (Å²) in [6.45, 7) is 9.86. The lowest BCUT2D eigenvalue weighted by Gasteiger charge is -2.64. The van der Waals surface area contributed by atoms with Gasteiger partial charge in [-0.15, -0.1) is 0 Å². The zero-order valence-electron chi connectivity index (χ0n) is 23.8. The maximum absolute atomic E-state index is 3.26. The van der Waals surface area contributed by atoms with Crippen molar-refractivity contribution in [1.29, 1.82) is 0 Å². The third-order valence-corrected chi connectivity index (χ3v) is 29.2. The fourth-order valence-electron chi connectivity index (χ4n) is 8.14. The minimum Gasteiger partial charge on any atom is -0.399 e. The minimum atomic E-state index is -1.63. The molecular weight excluding hydrogens is 445 g/mol. The Morgan fingerprint density at radius 2 is 0.794 bits per heavy atom. The van der Waals surface area contributed by atoms with Crippen molar-refractivity contribution >= 4 is 15.5 Å². The first-order chi connectivity index (χ1) is 16.7. The van der Waals surface area contributed by atoms with Crippen LogP contribution >= 0.6 is 0 Å². The van der Waals surface area contributed by atoms with E-state index in [1.54, 1.807) is 24.2 Å². The highest BCUT2D eigenvalue weighted by molar-refractivity contribution is 7.40. The van der Waals surface area contributed by atoms with Crippen LogP contribution in [0.15, 0.2) is 12.4 Å². The highest BCUT2D eigenvalue weighted by atomic mass is 29.3. The van der Waals surface area contributed by atoms with Gasteiger partial charge in [-0.1, -0.05) is 118 Å². The first-order valence-electron chi connectivity index (χ1n) is 15.9. The molecule has 0 amide bonds. The van der Waals surface area contributed by atoms with E-state index in [9.17, 15) is 0 Å². The van der Waals surface area contributed by atoms with Gasteiger partial charge in [-0.25, -0.2) is 0 Å². The van der Waals surface area contributed by atoms with Crippen molar-refractivity contribution in [3.63, 3.8) is 0 Å². The van der Waals surface area contributed by atoms with Crippen molar-refractivity contribution in [2.24, 2.45) is 0 Å². The second kappa shape index (κ2) is 14.5. The van der Waals surface area contributed by atoms with Crippen LogP contribution in [0.1, 0.15) is 143 Å². The predicted octanol–water partition coefficient (Wildman–Crippen LogP) is 9.91. The Kier molecular flexibility index (Phi) is 12.1. The topological polar surface area (TPSA) is 6.48 Å². The summed E-state index contributed by atoms with van der Waals surface area (Å²) >= 11 is 0. The van der Waals surface area contributed by atoms with Crippen LogP contribution in [0.2, 0.25) is 24.2 Å². The van der Waals surface area contributed by atoms with Gasteiger partial charge < -0.3 is 9.13 Å². The Hall–Kier alpha value is -0.226. The molecule has 0 saturated heterocycles. The lowest BCUT2D eigenvalue weighted by atomic mass is 9.95. The van der Waals surface area contributed by atoms with Crippen LogP contribution in [0, 0.1) is 0 Å². The Labute approximate surface area is 216 Å². The molecule has 2 aliphatic carbocycles. The quantitative estimate of drug-likeness (QED) is 0.217. The number of rotatable bonds is 14. The fraction of sp³-hybridized carbons (Fsp3) is 0.933. The van der Waals surface area contributed by atoms with Gasteiger partial charge in [0.1, 0.15) is 0 Å². The van der Waals surface area contributed by atoms with Gasteiger partial charge in [-0.05, 0) is 49.9 Å². The van der Waals surface area contributed by atoms with Crippen molar-refractivity contribution in [2.45, 2.75) is 180 Å². The van der Waals surface area contributed by atoms with E-state index < -0.39 is 15.5 Å². The average Bonchev–Trinajstić information content (AvgIpc) is 2.89. The zero-order chi connectivity index (χ0) is 24.3.